The maximum Gasteiger partial charge on any atom is 0.344 e. The van der Waals surface area contributed by atoms with Gasteiger partial charge in [-0.25, -0.2) is 4.79 Å². The van der Waals surface area contributed by atoms with Crippen molar-refractivity contribution in [1.29, 1.82) is 0 Å². The van der Waals surface area contributed by atoms with Crippen LogP contribution in [-0.2, 0) is 6.42 Å². The molecule has 126 valence electrons. The highest BCUT2D eigenvalue weighted by Gasteiger charge is 2.08. The Morgan fingerprint density at radius 1 is 1.00 bits per heavy atom. The Kier molecular flexibility index (Phi) is 6.15. The highest BCUT2D eigenvalue weighted by molar-refractivity contribution is 5.82. The number of aryl methyl sites for hydroxylation is 1. The van der Waals surface area contributed by atoms with Crippen LogP contribution in [0.2, 0.25) is 0 Å². The zero-order chi connectivity index (χ0) is 17.5. The van der Waals surface area contributed by atoms with E-state index in [9.17, 15) is 9.90 Å². The van der Waals surface area contributed by atoms with E-state index in [4.69, 9.17) is 9.52 Å². The number of hydrogen-bond acceptors (Lipinski definition) is 4. The van der Waals surface area contributed by atoms with Crippen molar-refractivity contribution in [2.24, 2.45) is 0 Å². The van der Waals surface area contributed by atoms with Crippen molar-refractivity contribution in [3.63, 3.8) is 0 Å². The summed E-state index contributed by atoms with van der Waals surface area (Å²) in [6.45, 7) is 4.14. The van der Waals surface area contributed by atoms with Crippen molar-refractivity contribution in [3.05, 3.63) is 64.5 Å². The molecule has 1 aromatic heterocycles. The molecule has 3 rings (SSSR count). The Balaban J connectivity index is 0.00000100. The fourth-order valence-electron chi connectivity index (χ4n) is 2.44. The van der Waals surface area contributed by atoms with Gasteiger partial charge in [-0.05, 0) is 48.2 Å². The minimum Gasteiger partial charge on any atom is -0.508 e. The second kappa shape index (κ2) is 8.31. The molecular formula is C20H22O4. The number of fused-ring (bicyclic) bond motifs is 1. The highest BCUT2D eigenvalue weighted by Crippen LogP contribution is 2.23. The summed E-state index contributed by atoms with van der Waals surface area (Å²) < 4.78 is 5.42. The summed E-state index contributed by atoms with van der Waals surface area (Å²) in [5, 5.41) is 19.0. The number of aliphatic hydroxyl groups is 1. The van der Waals surface area contributed by atoms with E-state index >= 15 is 0 Å². The Labute approximate surface area is 141 Å². The van der Waals surface area contributed by atoms with Gasteiger partial charge in [0.2, 0.25) is 0 Å². The molecule has 0 spiro atoms. The largest absolute Gasteiger partial charge is 0.508 e. The molecule has 24 heavy (non-hydrogen) atoms. The lowest BCUT2D eigenvalue weighted by Crippen LogP contribution is -2.02. The van der Waals surface area contributed by atoms with Crippen LogP contribution in [0.25, 0.3) is 22.1 Å². The molecule has 0 aliphatic carbocycles. The van der Waals surface area contributed by atoms with E-state index in [1.807, 2.05) is 32.0 Å². The summed E-state index contributed by atoms with van der Waals surface area (Å²) in [6.07, 6.45) is 1.43. The molecule has 2 aromatic carbocycles. The number of aromatic hydroxyl groups is 1. The lowest BCUT2D eigenvalue weighted by atomic mass is 10.0. The lowest BCUT2D eigenvalue weighted by molar-refractivity contribution is 0.288. The van der Waals surface area contributed by atoms with Crippen LogP contribution < -0.4 is 5.63 Å². The van der Waals surface area contributed by atoms with Crippen molar-refractivity contribution in [3.8, 4) is 16.9 Å². The van der Waals surface area contributed by atoms with Crippen LogP contribution in [0.5, 0.6) is 5.75 Å². The number of hydrogen-bond donors (Lipinski definition) is 2. The monoisotopic (exact) mass is 326 g/mol. The number of benzene rings is 2. The Morgan fingerprint density at radius 2 is 1.71 bits per heavy atom. The molecular weight excluding hydrogens is 304 g/mol. The third kappa shape index (κ3) is 4.03. The van der Waals surface area contributed by atoms with Gasteiger partial charge in [-0.2, -0.15) is 0 Å². The van der Waals surface area contributed by atoms with Crippen molar-refractivity contribution in [1.82, 2.24) is 0 Å². The first-order valence-electron chi connectivity index (χ1n) is 8.14. The van der Waals surface area contributed by atoms with E-state index in [1.54, 1.807) is 18.2 Å². The van der Waals surface area contributed by atoms with Gasteiger partial charge in [-0.1, -0.05) is 38.1 Å². The first-order chi connectivity index (χ1) is 11.7. The van der Waals surface area contributed by atoms with Gasteiger partial charge in [0.05, 0.1) is 5.56 Å². The summed E-state index contributed by atoms with van der Waals surface area (Å²) >= 11 is 0. The van der Waals surface area contributed by atoms with E-state index in [-0.39, 0.29) is 12.4 Å². The van der Waals surface area contributed by atoms with Crippen LogP contribution in [0.4, 0.5) is 0 Å². The minimum absolute atomic E-state index is 0.141. The predicted molar refractivity (Wildman–Crippen MR) is 96.3 cm³/mol. The van der Waals surface area contributed by atoms with Gasteiger partial charge in [0.15, 0.2) is 0 Å². The third-order valence-electron chi connectivity index (χ3n) is 3.60. The molecule has 0 saturated heterocycles. The second-order valence-corrected chi connectivity index (χ2v) is 5.19. The topological polar surface area (TPSA) is 70.7 Å². The number of rotatable bonds is 4. The predicted octanol–water partition coefficient (Wildman–Crippen LogP) is 4.12. The van der Waals surface area contributed by atoms with E-state index in [2.05, 4.69) is 0 Å². The Morgan fingerprint density at radius 3 is 2.38 bits per heavy atom. The number of phenolic OH excluding ortho intramolecular Hbond substituents is 1. The average molecular weight is 326 g/mol. The standard InChI is InChI=1S/C18H16O4.C2H6/c19-9-1-2-12-3-4-14-11-16(18(21)22-17(14)10-12)13-5-7-15(20)8-6-13;1-2/h3-8,10-11,19-20H,1-2,9H2;1-2H3. The smallest absolute Gasteiger partial charge is 0.344 e. The fourth-order valence-corrected chi connectivity index (χ4v) is 2.44. The normalized spacial score (nSPS) is 10.3. The Hall–Kier alpha value is -2.59. The molecule has 0 amide bonds. The molecule has 0 saturated carbocycles. The summed E-state index contributed by atoms with van der Waals surface area (Å²) in [5.74, 6) is 0.155. The SMILES string of the molecule is CC.O=c1oc2cc(CCCO)ccc2cc1-c1ccc(O)cc1. The summed E-state index contributed by atoms with van der Waals surface area (Å²) in [6, 6.07) is 14.0. The molecule has 0 aliphatic rings. The summed E-state index contributed by atoms with van der Waals surface area (Å²) in [5.41, 5.74) is 2.34. The molecule has 4 heteroatoms. The van der Waals surface area contributed by atoms with E-state index in [1.165, 1.54) is 12.1 Å². The van der Waals surface area contributed by atoms with Gasteiger partial charge in [0.25, 0.3) is 0 Å². The first-order valence-corrected chi connectivity index (χ1v) is 8.14. The van der Waals surface area contributed by atoms with E-state index in [0.29, 0.717) is 23.1 Å². The fraction of sp³-hybridized carbons (Fsp3) is 0.250. The van der Waals surface area contributed by atoms with Crippen molar-refractivity contribution >= 4 is 11.0 Å². The van der Waals surface area contributed by atoms with E-state index < -0.39 is 5.63 Å². The van der Waals surface area contributed by atoms with Crippen LogP contribution in [-0.4, -0.2) is 16.8 Å². The highest BCUT2D eigenvalue weighted by atomic mass is 16.4. The van der Waals surface area contributed by atoms with Crippen LogP contribution in [0.15, 0.2) is 57.7 Å². The zero-order valence-electron chi connectivity index (χ0n) is 14.0. The first kappa shape index (κ1) is 17.8. The molecule has 2 N–H and O–H groups in total. The summed E-state index contributed by atoms with van der Waals surface area (Å²) in [7, 11) is 0. The van der Waals surface area contributed by atoms with Crippen molar-refractivity contribution < 1.29 is 14.6 Å². The third-order valence-corrected chi connectivity index (χ3v) is 3.60. The van der Waals surface area contributed by atoms with Crippen molar-refractivity contribution in [2.75, 3.05) is 6.61 Å². The van der Waals surface area contributed by atoms with Gasteiger partial charge in [0.1, 0.15) is 11.3 Å². The maximum absolute atomic E-state index is 12.2. The van der Waals surface area contributed by atoms with Crippen LogP contribution >= 0.6 is 0 Å². The van der Waals surface area contributed by atoms with Gasteiger partial charge in [0, 0.05) is 12.0 Å². The molecule has 0 atom stereocenters. The van der Waals surface area contributed by atoms with E-state index in [0.717, 1.165) is 17.4 Å². The minimum atomic E-state index is -0.405. The maximum atomic E-state index is 12.2. The van der Waals surface area contributed by atoms with Crippen molar-refractivity contribution in [2.45, 2.75) is 26.7 Å². The number of phenols is 1. The quantitative estimate of drug-likeness (QED) is 0.708. The van der Waals surface area contributed by atoms with Crippen LogP contribution in [0.3, 0.4) is 0 Å². The Bertz CT molecular complexity index is 848. The van der Waals surface area contributed by atoms with Gasteiger partial charge in [-0.15, -0.1) is 0 Å². The summed E-state index contributed by atoms with van der Waals surface area (Å²) in [4.78, 5) is 12.2. The molecule has 0 aliphatic heterocycles. The molecule has 0 bridgehead atoms. The van der Waals surface area contributed by atoms with Gasteiger partial charge in [-0.3, -0.25) is 0 Å². The van der Waals surface area contributed by atoms with Crippen LogP contribution in [0, 0.1) is 0 Å². The van der Waals surface area contributed by atoms with Gasteiger partial charge < -0.3 is 14.6 Å². The molecule has 4 nitrogen and oxygen atoms in total. The van der Waals surface area contributed by atoms with Crippen LogP contribution in [0.1, 0.15) is 25.8 Å². The molecule has 3 aromatic rings. The van der Waals surface area contributed by atoms with Gasteiger partial charge >= 0.3 is 5.63 Å². The molecule has 0 radical (unpaired) electrons. The average Bonchev–Trinajstić information content (AvgIpc) is 2.62. The molecule has 1 heterocycles. The lowest BCUT2D eigenvalue weighted by Gasteiger charge is -2.05. The molecule has 0 fully saturated rings. The molecule has 0 unspecified atom stereocenters. The zero-order valence-corrected chi connectivity index (χ0v) is 14.0. The number of aliphatic hydroxyl groups excluding tert-OH is 1. The second-order valence-electron chi connectivity index (χ2n) is 5.19.